The highest BCUT2D eigenvalue weighted by Gasteiger charge is 2.30. The first kappa shape index (κ1) is 22.9. The Hall–Kier alpha value is -2.83. The van der Waals surface area contributed by atoms with Crippen molar-refractivity contribution < 1.29 is 9.59 Å². The molecular formula is C27H37N5O2. The van der Waals surface area contributed by atoms with Crippen LogP contribution in [0.15, 0.2) is 18.2 Å². The molecule has 1 aliphatic carbocycles. The molecule has 0 radical (unpaired) electrons. The van der Waals surface area contributed by atoms with E-state index >= 15 is 0 Å². The molecule has 0 saturated carbocycles. The second-order valence-electron chi connectivity index (χ2n) is 10.1. The Balaban J connectivity index is 1.29. The molecule has 2 fully saturated rings. The standard InChI is InChI=1S/C27H37N5O2/c1-20-9-8-12-23(21(20)2)29-15-17-30(18-16-29)25(33)19-32-24-11-5-3-4-10-22(24)26(28-32)27(34)31-13-6-7-14-31/h8-9,12H,3-7,10-11,13-19H2,1-2H3. The fraction of sp³-hybridized carbons (Fsp3) is 0.593. The Labute approximate surface area is 202 Å². The molecule has 2 aliphatic heterocycles. The molecule has 182 valence electrons. The molecular weight excluding hydrogens is 426 g/mol. The molecule has 0 bridgehead atoms. The van der Waals surface area contributed by atoms with E-state index in [9.17, 15) is 9.59 Å². The third-order valence-corrected chi connectivity index (χ3v) is 7.94. The zero-order valence-electron chi connectivity index (χ0n) is 20.7. The van der Waals surface area contributed by atoms with E-state index in [1.807, 2.05) is 14.5 Å². The van der Waals surface area contributed by atoms with Crippen LogP contribution in [0, 0.1) is 13.8 Å². The van der Waals surface area contributed by atoms with Crippen LogP contribution in [0.1, 0.15) is 65.0 Å². The summed E-state index contributed by atoms with van der Waals surface area (Å²) >= 11 is 0. The smallest absolute Gasteiger partial charge is 0.274 e. The normalized spacial score (nSPS) is 18.7. The Morgan fingerprint density at radius 1 is 0.853 bits per heavy atom. The first-order chi connectivity index (χ1) is 16.5. The average molecular weight is 464 g/mol. The van der Waals surface area contributed by atoms with Gasteiger partial charge in [0, 0.05) is 56.2 Å². The minimum atomic E-state index is 0.0592. The number of fused-ring (bicyclic) bond motifs is 1. The van der Waals surface area contributed by atoms with Crippen molar-refractivity contribution in [3.05, 3.63) is 46.3 Å². The van der Waals surface area contributed by atoms with Gasteiger partial charge in [0.15, 0.2) is 5.69 Å². The number of anilines is 1. The van der Waals surface area contributed by atoms with E-state index in [1.54, 1.807) is 0 Å². The first-order valence-corrected chi connectivity index (χ1v) is 13.0. The number of nitrogens with zero attached hydrogens (tertiary/aromatic N) is 5. The number of carbonyl (C=O) groups excluding carboxylic acids is 2. The van der Waals surface area contributed by atoms with Gasteiger partial charge in [-0.05, 0) is 69.6 Å². The summed E-state index contributed by atoms with van der Waals surface area (Å²) in [5.41, 5.74) is 6.71. The molecule has 2 saturated heterocycles. The lowest BCUT2D eigenvalue weighted by Gasteiger charge is -2.37. The van der Waals surface area contributed by atoms with Crippen molar-refractivity contribution in [2.24, 2.45) is 0 Å². The SMILES string of the molecule is Cc1cccc(N2CCN(C(=O)Cn3nc(C(=O)N4CCCC4)c4c3CCCCC4)CC2)c1C. The number of amides is 2. The van der Waals surface area contributed by atoms with Gasteiger partial charge in [-0.25, -0.2) is 0 Å². The van der Waals surface area contributed by atoms with Crippen molar-refractivity contribution in [1.82, 2.24) is 19.6 Å². The number of aromatic nitrogens is 2. The zero-order valence-corrected chi connectivity index (χ0v) is 20.7. The van der Waals surface area contributed by atoms with Crippen LogP contribution in [0.25, 0.3) is 0 Å². The lowest BCUT2D eigenvalue weighted by molar-refractivity contribution is -0.132. The number of likely N-dealkylation sites (tertiary alicyclic amines) is 1. The van der Waals surface area contributed by atoms with E-state index in [4.69, 9.17) is 5.10 Å². The summed E-state index contributed by atoms with van der Waals surface area (Å²) in [7, 11) is 0. The van der Waals surface area contributed by atoms with Gasteiger partial charge in [0.2, 0.25) is 5.91 Å². The molecule has 0 unspecified atom stereocenters. The van der Waals surface area contributed by atoms with Crippen LogP contribution in [0.2, 0.25) is 0 Å². The number of hydrogen-bond acceptors (Lipinski definition) is 4. The maximum atomic E-state index is 13.3. The third-order valence-electron chi connectivity index (χ3n) is 7.94. The second-order valence-corrected chi connectivity index (χ2v) is 10.1. The van der Waals surface area contributed by atoms with Gasteiger partial charge in [0.25, 0.3) is 5.91 Å². The summed E-state index contributed by atoms with van der Waals surface area (Å²) in [4.78, 5) is 32.8. The molecule has 5 rings (SSSR count). The fourth-order valence-electron chi connectivity index (χ4n) is 5.72. The topological polar surface area (TPSA) is 61.7 Å². The van der Waals surface area contributed by atoms with Crippen LogP contribution in [0.3, 0.4) is 0 Å². The minimum Gasteiger partial charge on any atom is -0.368 e. The minimum absolute atomic E-state index is 0.0592. The van der Waals surface area contributed by atoms with E-state index < -0.39 is 0 Å². The van der Waals surface area contributed by atoms with E-state index in [1.165, 1.54) is 23.2 Å². The van der Waals surface area contributed by atoms with Gasteiger partial charge in [-0.2, -0.15) is 5.10 Å². The van der Waals surface area contributed by atoms with Gasteiger partial charge in [-0.1, -0.05) is 18.6 Å². The van der Waals surface area contributed by atoms with E-state index in [0.29, 0.717) is 5.69 Å². The van der Waals surface area contributed by atoms with Crippen LogP contribution in [0.5, 0.6) is 0 Å². The third kappa shape index (κ3) is 4.44. The van der Waals surface area contributed by atoms with Crippen molar-refractivity contribution in [1.29, 1.82) is 0 Å². The van der Waals surface area contributed by atoms with Gasteiger partial charge in [0.1, 0.15) is 6.54 Å². The molecule has 0 N–H and O–H groups in total. The predicted molar refractivity (Wildman–Crippen MR) is 133 cm³/mol. The lowest BCUT2D eigenvalue weighted by atomic mass is 10.1. The highest BCUT2D eigenvalue weighted by atomic mass is 16.2. The maximum absolute atomic E-state index is 13.3. The summed E-state index contributed by atoms with van der Waals surface area (Å²) in [5.74, 6) is 0.166. The quantitative estimate of drug-likeness (QED) is 0.653. The van der Waals surface area contributed by atoms with Gasteiger partial charge < -0.3 is 14.7 Å². The predicted octanol–water partition coefficient (Wildman–Crippen LogP) is 3.35. The molecule has 0 spiro atoms. The highest BCUT2D eigenvalue weighted by Crippen LogP contribution is 2.27. The second kappa shape index (κ2) is 9.80. The van der Waals surface area contributed by atoms with E-state index in [2.05, 4.69) is 36.9 Å². The molecule has 34 heavy (non-hydrogen) atoms. The van der Waals surface area contributed by atoms with E-state index in [-0.39, 0.29) is 18.4 Å². The number of aryl methyl sites for hydroxylation is 1. The maximum Gasteiger partial charge on any atom is 0.274 e. The van der Waals surface area contributed by atoms with Crippen LogP contribution < -0.4 is 4.90 Å². The molecule has 3 aliphatic rings. The molecule has 2 amide bonds. The van der Waals surface area contributed by atoms with Gasteiger partial charge >= 0.3 is 0 Å². The average Bonchev–Trinajstić information content (AvgIpc) is 3.43. The Morgan fingerprint density at radius 3 is 2.35 bits per heavy atom. The highest BCUT2D eigenvalue weighted by molar-refractivity contribution is 5.94. The number of benzene rings is 1. The first-order valence-electron chi connectivity index (χ1n) is 13.0. The van der Waals surface area contributed by atoms with Crippen molar-refractivity contribution in [2.75, 3.05) is 44.2 Å². The van der Waals surface area contributed by atoms with Crippen LogP contribution in [-0.2, 0) is 24.2 Å². The van der Waals surface area contributed by atoms with E-state index in [0.717, 1.165) is 89.1 Å². The van der Waals surface area contributed by atoms with Crippen molar-refractivity contribution in [3.63, 3.8) is 0 Å². The molecule has 1 aromatic heterocycles. The van der Waals surface area contributed by atoms with Gasteiger partial charge in [-0.15, -0.1) is 0 Å². The van der Waals surface area contributed by atoms with Crippen molar-refractivity contribution in [3.8, 4) is 0 Å². The Kier molecular flexibility index (Phi) is 6.61. The number of piperazine rings is 1. The summed E-state index contributed by atoms with van der Waals surface area (Å²) < 4.78 is 1.86. The molecule has 7 nitrogen and oxygen atoms in total. The molecule has 2 aromatic rings. The Bertz CT molecular complexity index is 1060. The molecule has 0 atom stereocenters. The van der Waals surface area contributed by atoms with Crippen LogP contribution >= 0.6 is 0 Å². The van der Waals surface area contributed by atoms with Gasteiger partial charge in [0.05, 0.1) is 0 Å². The number of carbonyl (C=O) groups is 2. The van der Waals surface area contributed by atoms with Gasteiger partial charge in [-0.3, -0.25) is 14.3 Å². The largest absolute Gasteiger partial charge is 0.368 e. The lowest BCUT2D eigenvalue weighted by Crippen LogP contribution is -2.50. The van der Waals surface area contributed by atoms with Crippen molar-refractivity contribution in [2.45, 2.75) is 65.3 Å². The monoisotopic (exact) mass is 463 g/mol. The molecule has 1 aromatic carbocycles. The van der Waals surface area contributed by atoms with Crippen LogP contribution in [-0.4, -0.2) is 70.7 Å². The molecule has 3 heterocycles. The number of hydrogen-bond donors (Lipinski definition) is 0. The number of rotatable bonds is 4. The van der Waals surface area contributed by atoms with Crippen LogP contribution in [0.4, 0.5) is 5.69 Å². The Morgan fingerprint density at radius 2 is 1.59 bits per heavy atom. The summed E-state index contributed by atoms with van der Waals surface area (Å²) in [6, 6.07) is 6.44. The fourth-order valence-corrected chi connectivity index (χ4v) is 5.72. The summed E-state index contributed by atoms with van der Waals surface area (Å²) in [6.07, 6.45) is 7.30. The zero-order chi connectivity index (χ0) is 23.7. The summed E-state index contributed by atoms with van der Waals surface area (Å²) in [5, 5.41) is 4.76. The summed E-state index contributed by atoms with van der Waals surface area (Å²) in [6.45, 7) is 9.32. The molecule has 7 heteroatoms. The van der Waals surface area contributed by atoms with Crippen molar-refractivity contribution >= 4 is 17.5 Å².